The van der Waals surface area contributed by atoms with E-state index in [4.69, 9.17) is 15.9 Å². The van der Waals surface area contributed by atoms with Crippen LogP contribution in [-0.4, -0.2) is 87.6 Å². The number of nitrogens with zero attached hydrogens (tertiary/aromatic N) is 1. The second kappa shape index (κ2) is 10.6. The van der Waals surface area contributed by atoms with Gasteiger partial charge in [0.05, 0.1) is 12.6 Å². The monoisotopic (exact) mass is 408 g/mol. The minimum atomic E-state index is -1.45. The van der Waals surface area contributed by atoms with Gasteiger partial charge >= 0.3 is 5.97 Å². The van der Waals surface area contributed by atoms with Crippen LogP contribution in [0.1, 0.15) is 12.8 Å². The molecule has 1 aliphatic rings. The zero-order valence-electron chi connectivity index (χ0n) is 14.0. The molecule has 6 N–H and O–H groups in total. The van der Waals surface area contributed by atoms with Crippen molar-refractivity contribution in [2.45, 2.75) is 37.0 Å². The minimum Gasteiger partial charge on any atom is -0.480 e. The Morgan fingerprint density at radius 2 is 1.81 bits per heavy atom. The van der Waals surface area contributed by atoms with Crippen LogP contribution in [0.5, 0.6) is 0 Å². The Morgan fingerprint density at radius 1 is 1.15 bits per heavy atom. The number of carbonyl (C=O) groups is 4. The highest BCUT2D eigenvalue weighted by Gasteiger charge is 2.38. The van der Waals surface area contributed by atoms with Gasteiger partial charge in [-0.2, -0.15) is 25.3 Å². The first-order valence-electron chi connectivity index (χ1n) is 7.99. The van der Waals surface area contributed by atoms with E-state index in [-0.39, 0.29) is 18.1 Å². The van der Waals surface area contributed by atoms with Gasteiger partial charge in [0.1, 0.15) is 18.1 Å². The molecule has 0 saturated carbocycles. The van der Waals surface area contributed by atoms with E-state index in [1.54, 1.807) is 0 Å². The first kappa shape index (κ1) is 22.5. The number of hydrogen-bond donors (Lipinski definition) is 7. The fourth-order valence-corrected chi connectivity index (χ4v) is 2.92. The number of carbonyl (C=O) groups excluding carboxylic acids is 3. The summed E-state index contributed by atoms with van der Waals surface area (Å²) in [6.45, 7) is -0.481. The van der Waals surface area contributed by atoms with Crippen molar-refractivity contribution in [2.75, 3.05) is 24.7 Å². The molecular weight excluding hydrogens is 384 g/mol. The van der Waals surface area contributed by atoms with Gasteiger partial charge < -0.3 is 31.5 Å². The maximum Gasteiger partial charge on any atom is 0.328 e. The third kappa shape index (κ3) is 5.76. The van der Waals surface area contributed by atoms with Gasteiger partial charge in [0, 0.05) is 18.1 Å². The van der Waals surface area contributed by atoms with E-state index in [9.17, 15) is 19.2 Å². The van der Waals surface area contributed by atoms with Gasteiger partial charge in [-0.05, 0) is 12.8 Å². The van der Waals surface area contributed by atoms with Crippen LogP contribution in [0.2, 0.25) is 0 Å². The molecule has 1 saturated heterocycles. The van der Waals surface area contributed by atoms with Gasteiger partial charge in [0.15, 0.2) is 0 Å². The van der Waals surface area contributed by atoms with E-state index < -0.39 is 54.5 Å². The van der Waals surface area contributed by atoms with E-state index in [0.29, 0.717) is 12.8 Å². The quantitative estimate of drug-likeness (QED) is 0.203. The molecular formula is C14H24N4O6S2. The lowest BCUT2D eigenvalue weighted by Crippen LogP contribution is -2.57. The standard InChI is InChI=1S/C14H24N4O6S2/c15-7(5-25)11(20)17-9(6-26)13(22)18-3-1-2-10(18)12(21)16-8(4-19)14(23)24/h7-10,19,25-26H,1-6,15H2,(H,16,21)(H,17,20)(H,23,24). The second-order valence-electron chi connectivity index (χ2n) is 5.80. The van der Waals surface area contributed by atoms with Crippen LogP contribution >= 0.6 is 25.3 Å². The average Bonchev–Trinajstić information content (AvgIpc) is 3.11. The predicted molar refractivity (Wildman–Crippen MR) is 99.0 cm³/mol. The maximum absolute atomic E-state index is 12.7. The van der Waals surface area contributed by atoms with Gasteiger partial charge in [-0.3, -0.25) is 14.4 Å². The molecule has 0 aliphatic carbocycles. The summed E-state index contributed by atoms with van der Waals surface area (Å²) in [7, 11) is 0. The predicted octanol–water partition coefficient (Wildman–Crippen LogP) is -2.79. The summed E-state index contributed by atoms with van der Waals surface area (Å²) >= 11 is 7.99. The van der Waals surface area contributed by atoms with Crippen molar-refractivity contribution >= 4 is 48.9 Å². The summed E-state index contributed by atoms with van der Waals surface area (Å²) in [6.07, 6.45) is 0.892. The molecule has 26 heavy (non-hydrogen) atoms. The highest BCUT2D eigenvalue weighted by atomic mass is 32.1. The van der Waals surface area contributed by atoms with Gasteiger partial charge in [0.25, 0.3) is 0 Å². The number of thiol groups is 2. The molecule has 0 radical (unpaired) electrons. The normalized spacial score (nSPS) is 20.2. The number of carboxylic acids is 1. The number of carboxylic acid groups (broad SMARTS) is 1. The van der Waals surface area contributed by atoms with Crippen molar-refractivity contribution in [3.8, 4) is 0 Å². The van der Waals surface area contributed by atoms with Crippen molar-refractivity contribution in [3.05, 3.63) is 0 Å². The summed E-state index contributed by atoms with van der Waals surface area (Å²) in [5, 5.41) is 22.6. The summed E-state index contributed by atoms with van der Waals surface area (Å²) in [6, 6.07) is -4.19. The van der Waals surface area contributed by atoms with Gasteiger partial charge in [0.2, 0.25) is 17.7 Å². The van der Waals surface area contributed by atoms with E-state index in [1.807, 2.05) is 0 Å². The number of aliphatic hydroxyl groups excluding tert-OH is 1. The number of hydrogen-bond acceptors (Lipinski definition) is 8. The number of amides is 3. The third-order valence-electron chi connectivity index (χ3n) is 3.97. The topological polar surface area (TPSA) is 162 Å². The average molecular weight is 409 g/mol. The Hall–Kier alpha value is -1.50. The molecule has 12 heteroatoms. The Morgan fingerprint density at radius 3 is 2.31 bits per heavy atom. The van der Waals surface area contributed by atoms with Crippen molar-refractivity contribution in [3.63, 3.8) is 0 Å². The molecule has 1 rings (SSSR count). The van der Waals surface area contributed by atoms with Crippen LogP contribution < -0.4 is 16.4 Å². The largest absolute Gasteiger partial charge is 0.480 e. The van der Waals surface area contributed by atoms with Crippen molar-refractivity contribution < 1.29 is 29.4 Å². The third-order valence-corrected chi connectivity index (χ3v) is 4.72. The fourth-order valence-electron chi connectivity index (χ4n) is 2.50. The van der Waals surface area contributed by atoms with Crippen LogP contribution in [0.15, 0.2) is 0 Å². The van der Waals surface area contributed by atoms with Crippen LogP contribution in [0.4, 0.5) is 0 Å². The number of nitrogens with one attached hydrogen (secondary N) is 2. The summed E-state index contributed by atoms with van der Waals surface area (Å²) in [5.74, 6) is -3.01. The van der Waals surface area contributed by atoms with E-state index in [0.717, 1.165) is 0 Å². The first-order valence-corrected chi connectivity index (χ1v) is 9.25. The van der Waals surface area contributed by atoms with Crippen LogP contribution in [-0.2, 0) is 19.2 Å². The molecule has 0 aromatic heterocycles. The molecule has 0 bridgehead atoms. The summed E-state index contributed by atoms with van der Waals surface area (Å²) < 4.78 is 0. The van der Waals surface area contributed by atoms with Crippen LogP contribution in [0, 0.1) is 0 Å². The molecule has 3 amide bonds. The lowest BCUT2D eigenvalue weighted by atomic mass is 10.1. The van der Waals surface area contributed by atoms with E-state index in [1.165, 1.54) is 4.90 Å². The lowest BCUT2D eigenvalue weighted by molar-refractivity contribution is -0.145. The Balaban J connectivity index is 2.80. The zero-order valence-corrected chi connectivity index (χ0v) is 15.8. The molecule has 0 spiro atoms. The smallest absolute Gasteiger partial charge is 0.328 e. The van der Waals surface area contributed by atoms with Gasteiger partial charge in [-0.1, -0.05) is 0 Å². The van der Waals surface area contributed by atoms with Crippen LogP contribution in [0.3, 0.4) is 0 Å². The molecule has 10 nitrogen and oxygen atoms in total. The molecule has 0 aromatic rings. The number of aliphatic carboxylic acids is 1. The van der Waals surface area contributed by atoms with Crippen LogP contribution in [0.25, 0.3) is 0 Å². The number of nitrogens with two attached hydrogens (primary N) is 1. The van der Waals surface area contributed by atoms with Gasteiger partial charge in [-0.25, -0.2) is 4.79 Å². The lowest BCUT2D eigenvalue weighted by Gasteiger charge is -2.29. The van der Waals surface area contributed by atoms with Gasteiger partial charge in [-0.15, -0.1) is 0 Å². The molecule has 148 valence electrons. The molecule has 1 fully saturated rings. The molecule has 4 unspecified atom stereocenters. The molecule has 4 atom stereocenters. The Labute approximate surface area is 161 Å². The zero-order chi connectivity index (χ0) is 19.9. The molecule has 0 aromatic carbocycles. The SMILES string of the molecule is NC(CS)C(=O)NC(CS)C(=O)N1CCCC1C(=O)NC(CO)C(=O)O. The molecule has 1 aliphatic heterocycles. The Bertz CT molecular complexity index is 550. The minimum absolute atomic E-state index is 0.00307. The highest BCUT2D eigenvalue weighted by Crippen LogP contribution is 2.19. The van der Waals surface area contributed by atoms with Crippen molar-refractivity contribution in [2.24, 2.45) is 5.73 Å². The summed E-state index contributed by atoms with van der Waals surface area (Å²) in [5.41, 5.74) is 5.57. The highest BCUT2D eigenvalue weighted by molar-refractivity contribution is 7.80. The molecule has 1 heterocycles. The first-order chi connectivity index (χ1) is 12.3. The number of likely N-dealkylation sites (tertiary alicyclic amines) is 1. The number of aliphatic hydroxyl groups is 1. The van der Waals surface area contributed by atoms with E-state index in [2.05, 4.69) is 35.9 Å². The second-order valence-corrected chi connectivity index (χ2v) is 6.53. The van der Waals surface area contributed by atoms with E-state index >= 15 is 0 Å². The fraction of sp³-hybridized carbons (Fsp3) is 0.714. The number of rotatable bonds is 9. The van der Waals surface area contributed by atoms with Crippen molar-refractivity contribution in [1.82, 2.24) is 15.5 Å². The maximum atomic E-state index is 12.7. The summed E-state index contributed by atoms with van der Waals surface area (Å²) in [4.78, 5) is 49.1. The van der Waals surface area contributed by atoms with Crippen molar-refractivity contribution in [1.29, 1.82) is 0 Å². The Kier molecular flexibility index (Phi) is 9.19.